The van der Waals surface area contributed by atoms with Crippen LogP contribution in [0.15, 0.2) is 18.2 Å². The summed E-state index contributed by atoms with van der Waals surface area (Å²) in [5, 5.41) is 5.95. The molecule has 1 amide bonds. The molecule has 1 aliphatic heterocycles. The van der Waals surface area contributed by atoms with Crippen LogP contribution in [0.5, 0.6) is 0 Å². The first kappa shape index (κ1) is 12.7. The van der Waals surface area contributed by atoms with E-state index in [4.69, 9.17) is 10.5 Å². The average Bonchev–Trinajstić information content (AvgIpc) is 2.77. The topological polar surface area (TPSA) is 76.4 Å². The standard InChI is InChI=1S/C13H19N3O2/c1-8-11(5-6-18-8)16-12-7-9(13(17)15-2)3-4-10(12)14/h3-4,7-8,11,16H,5-6,14H2,1-2H3,(H,15,17). The summed E-state index contributed by atoms with van der Waals surface area (Å²) < 4.78 is 5.49. The Labute approximate surface area is 107 Å². The van der Waals surface area contributed by atoms with Crippen molar-refractivity contribution >= 4 is 17.3 Å². The van der Waals surface area contributed by atoms with E-state index >= 15 is 0 Å². The second kappa shape index (κ2) is 5.27. The number of nitrogens with one attached hydrogen (secondary N) is 2. The van der Waals surface area contributed by atoms with Gasteiger partial charge < -0.3 is 21.1 Å². The van der Waals surface area contributed by atoms with Crippen LogP contribution in [0.4, 0.5) is 11.4 Å². The molecule has 0 aliphatic carbocycles. The van der Waals surface area contributed by atoms with Gasteiger partial charge in [0.05, 0.1) is 23.5 Å². The quantitative estimate of drug-likeness (QED) is 0.704. The molecule has 1 heterocycles. The lowest BCUT2D eigenvalue weighted by Crippen LogP contribution is -2.27. The summed E-state index contributed by atoms with van der Waals surface area (Å²) in [5.41, 5.74) is 7.95. The number of rotatable bonds is 3. The fourth-order valence-electron chi connectivity index (χ4n) is 2.09. The van der Waals surface area contributed by atoms with Crippen LogP contribution in [0.2, 0.25) is 0 Å². The summed E-state index contributed by atoms with van der Waals surface area (Å²) in [6, 6.07) is 5.48. The Morgan fingerprint density at radius 1 is 1.50 bits per heavy atom. The molecule has 1 aromatic rings. The fraction of sp³-hybridized carbons (Fsp3) is 0.462. The van der Waals surface area contributed by atoms with Crippen LogP contribution in [-0.2, 0) is 4.74 Å². The van der Waals surface area contributed by atoms with Crippen LogP contribution in [-0.4, -0.2) is 31.7 Å². The number of hydrogen-bond donors (Lipinski definition) is 3. The van der Waals surface area contributed by atoms with E-state index in [-0.39, 0.29) is 18.1 Å². The van der Waals surface area contributed by atoms with Gasteiger partial charge in [-0.15, -0.1) is 0 Å². The van der Waals surface area contributed by atoms with Gasteiger partial charge in [0, 0.05) is 19.2 Å². The highest BCUT2D eigenvalue weighted by Gasteiger charge is 2.24. The van der Waals surface area contributed by atoms with Crippen molar-refractivity contribution in [3.8, 4) is 0 Å². The summed E-state index contributed by atoms with van der Waals surface area (Å²) >= 11 is 0. The maximum absolute atomic E-state index is 11.6. The Morgan fingerprint density at radius 2 is 2.28 bits per heavy atom. The van der Waals surface area contributed by atoms with Gasteiger partial charge in [0.15, 0.2) is 0 Å². The Hall–Kier alpha value is -1.75. The smallest absolute Gasteiger partial charge is 0.251 e. The van der Waals surface area contributed by atoms with Gasteiger partial charge in [-0.1, -0.05) is 0 Å². The number of ether oxygens (including phenoxy) is 1. The molecule has 2 atom stereocenters. The molecule has 18 heavy (non-hydrogen) atoms. The molecule has 4 N–H and O–H groups in total. The van der Waals surface area contributed by atoms with E-state index in [0.29, 0.717) is 11.3 Å². The Kier molecular flexibility index (Phi) is 3.72. The Morgan fingerprint density at radius 3 is 2.89 bits per heavy atom. The van der Waals surface area contributed by atoms with E-state index in [1.807, 2.05) is 6.92 Å². The van der Waals surface area contributed by atoms with Crippen molar-refractivity contribution < 1.29 is 9.53 Å². The van der Waals surface area contributed by atoms with Crippen LogP contribution in [0.25, 0.3) is 0 Å². The molecule has 0 spiro atoms. The van der Waals surface area contributed by atoms with Crippen molar-refractivity contribution in [2.75, 3.05) is 24.7 Å². The highest BCUT2D eigenvalue weighted by molar-refractivity contribution is 5.96. The third kappa shape index (κ3) is 2.56. The number of carbonyl (C=O) groups is 1. The summed E-state index contributed by atoms with van der Waals surface area (Å²) in [4.78, 5) is 11.6. The molecule has 1 fully saturated rings. The number of nitrogens with two attached hydrogens (primary N) is 1. The van der Waals surface area contributed by atoms with E-state index in [1.54, 1.807) is 25.2 Å². The van der Waals surface area contributed by atoms with Gasteiger partial charge in [0.1, 0.15) is 0 Å². The van der Waals surface area contributed by atoms with Crippen LogP contribution >= 0.6 is 0 Å². The minimum absolute atomic E-state index is 0.117. The van der Waals surface area contributed by atoms with Crippen LogP contribution < -0.4 is 16.4 Å². The second-order valence-electron chi connectivity index (χ2n) is 4.50. The number of nitrogen functional groups attached to an aromatic ring is 1. The molecular formula is C13H19N3O2. The second-order valence-corrected chi connectivity index (χ2v) is 4.50. The minimum atomic E-state index is -0.117. The third-order valence-corrected chi connectivity index (χ3v) is 3.26. The third-order valence-electron chi connectivity index (χ3n) is 3.26. The lowest BCUT2D eigenvalue weighted by atomic mass is 10.1. The van der Waals surface area contributed by atoms with Gasteiger partial charge in [-0.2, -0.15) is 0 Å². The van der Waals surface area contributed by atoms with Crippen LogP contribution in [0, 0.1) is 0 Å². The first-order valence-corrected chi connectivity index (χ1v) is 6.11. The highest BCUT2D eigenvalue weighted by atomic mass is 16.5. The molecule has 5 nitrogen and oxygen atoms in total. The largest absolute Gasteiger partial charge is 0.397 e. The average molecular weight is 249 g/mol. The predicted molar refractivity (Wildman–Crippen MR) is 71.7 cm³/mol. The lowest BCUT2D eigenvalue weighted by molar-refractivity contribution is 0.0963. The monoisotopic (exact) mass is 249 g/mol. The number of benzene rings is 1. The minimum Gasteiger partial charge on any atom is -0.397 e. The van der Waals surface area contributed by atoms with E-state index < -0.39 is 0 Å². The molecule has 0 saturated carbocycles. The normalized spacial score (nSPS) is 22.8. The molecule has 2 unspecified atom stereocenters. The molecule has 0 radical (unpaired) electrons. The van der Waals surface area contributed by atoms with Crippen molar-refractivity contribution in [1.82, 2.24) is 5.32 Å². The summed E-state index contributed by atoms with van der Waals surface area (Å²) in [5.74, 6) is -0.117. The molecule has 2 rings (SSSR count). The molecule has 0 bridgehead atoms. The van der Waals surface area contributed by atoms with Gasteiger partial charge in [0.25, 0.3) is 5.91 Å². The van der Waals surface area contributed by atoms with Gasteiger partial charge in [-0.3, -0.25) is 4.79 Å². The van der Waals surface area contributed by atoms with E-state index in [2.05, 4.69) is 10.6 Å². The molecule has 5 heteroatoms. The van der Waals surface area contributed by atoms with E-state index in [9.17, 15) is 4.79 Å². The van der Waals surface area contributed by atoms with Crippen molar-refractivity contribution in [2.24, 2.45) is 0 Å². The first-order chi connectivity index (χ1) is 8.61. The zero-order valence-corrected chi connectivity index (χ0v) is 10.7. The Bertz CT molecular complexity index is 448. The number of anilines is 2. The van der Waals surface area contributed by atoms with Crippen LogP contribution in [0.1, 0.15) is 23.7 Å². The highest BCUT2D eigenvalue weighted by Crippen LogP contribution is 2.24. The molecule has 1 aromatic carbocycles. The van der Waals surface area contributed by atoms with Gasteiger partial charge in [-0.05, 0) is 31.5 Å². The lowest BCUT2D eigenvalue weighted by Gasteiger charge is -2.19. The van der Waals surface area contributed by atoms with E-state index in [0.717, 1.165) is 18.7 Å². The predicted octanol–water partition coefficient (Wildman–Crippen LogP) is 1.22. The summed E-state index contributed by atoms with van der Waals surface area (Å²) in [7, 11) is 1.61. The van der Waals surface area contributed by atoms with Gasteiger partial charge >= 0.3 is 0 Å². The summed E-state index contributed by atoms with van der Waals surface area (Å²) in [6.07, 6.45) is 1.11. The van der Waals surface area contributed by atoms with Gasteiger partial charge in [0.2, 0.25) is 0 Å². The van der Waals surface area contributed by atoms with Crippen molar-refractivity contribution in [3.63, 3.8) is 0 Å². The van der Waals surface area contributed by atoms with Crippen molar-refractivity contribution in [2.45, 2.75) is 25.5 Å². The van der Waals surface area contributed by atoms with Crippen molar-refractivity contribution in [3.05, 3.63) is 23.8 Å². The molecule has 0 aromatic heterocycles. The number of carbonyl (C=O) groups excluding carboxylic acids is 1. The zero-order valence-electron chi connectivity index (χ0n) is 10.7. The maximum Gasteiger partial charge on any atom is 0.251 e. The Balaban J connectivity index is 2.18. The maximum atomic E-state index is 11.6. The van der Waals surface area contributed by atoms with Crippen molar-refractivity contribution in [1.29, 1.82) is 0 Å². The fourth-order valence-corrected chi connectivity index (χ4v) is 2.09. The van der Waals surface area contributed by atoms with Crippen LogP contribution in [0.3, 0.4) is 0 Å². The zero-order chi connectivity index (χ0) is 13.1. The molecule has 1 aliphatic rings. The molecule has 1 saturated heterocycles. The molecular weight excluding hydrogens is 230 g/mol. The van der Waals surface area contributed by atoms with Gasteiger partial charge in [-0.25, -0.2) is 0 Å². The molecule has 98 valence electrons. The summed E-state index contributed by atoms with van der Waals surface area (Å²) in [6.45, 7) is 2.79. The number of hydrogen-bond acceptors (Lipinski definition) is 4. The number of amides is 1. The van der Waals surface area contributed by atoms with E-state index in [1.165, 1.54) is 0 Å². The SMILES string of the molecule is CNC(=O)c1ccc(N)c(NC2CCOC2C)c1. The first-order valence-electron chi connectivity index (χ1n) is 6.11.